The Balaban J connectivity index is 2.53. The van der Waals surface area contributed by atoms with Gasteiger partial charge in [0.05, 0.1) is 0 Å². The highest BCUT2D eigenvalue weighted by molar-refractivity contribution is 14.1. The third-order valence-corrected chi connectivity index (χ3v) is 3.25. The lowest BCUT2D eigenvalue weighted by Gasteiger charge is -2.10. The number of carboxylic acids is 1. The van der Waals surface area contributed by atoms with Crippen molar-refractivity contribution in [1.82, 2.24) is 5.32 Å². The topological polar surface area (TPSA) is 75.6 Å². The summed E-state index contributed by atoms with van der Waals surface area (Å²) in [5.74, 6) is -0.595. The Morgan fingerprint density at radius 2 is 2.10 bits per heavy atom. The molecular weight excluding hydrogens is 373 g/mol. The summed E-state index contributed by atoms with van der Waals surface area (Å²) in [7, 11) is 0. The maximum atomic E-state index is 11.6. The predicted octanol–water partition coefficient (Wildman–Crippen LogP) is 2.53. The first-order valence-electron chi connectivity index (χ1n) is 6.32. The summed E-state index contributed by atoms with van der Waals surface area (Å²) in [6.45, 7) is 4.57. The molecule has 5 nitrogen and oxygen atoms in total. The van der Waals surface area contributed by atoms with Crippen LogP contribution < -0.4 is 10.1 Å². The number of carboxylic acid groups (broad SMARTS) is 1. The second-order valence-electron chi connectivity index (χ2n) is 4.77. The Bertz CT molecular complexity index is 488. The maximum Gasteiger partial charge on any atom is 0.339 e. The van der Waals surface area contributed by atoms with E-state index >= 15 is 0 Å². The Labute approximate surface area is 131 Å². The number of aromatic carboxylic acids is 1. The number of hydrogen-bond acceptors (Lipinski definition) is 3. The molecule has 0 aliphatic rings. The van der Waals surface area contributed by atoms with Gasteiger partial charge in [-0.2, -0.15) is 0 Å². The molecule has 6 heteroatoms. The average molecular weight is 391 g/mol. The molecule has 0 aromatic heterocycles. The third kappa shape index (κ3) is 5.77. The van der Waals surface area contributed by atoms with Crippen molar-refractivity contribution in [3.63, 3.8) is 0 Å². The van der Waals surface area contributed by atoms with Crippen molar-refractivity contribution < 1.29 is 19.4 Å². The van der Waals surface area contributed by atoms with Crippen LogP contribution in [0.4, 0.5) is 0 Å². The Morgan fingerprint density at radius 1 is 1.40 bits per heavy atom. The second-order valence-corrected chi connectivity index (χ2v) is 6.01. The van der Waals surface area contributed by atoms with Crippen LogP contribution in [0.25, 0.3) is 0 Å². The first-order chi connectivity index (χ1) is 9.40. The highest BCUT2D eigenvalue weighted by Crippen LogP contribution is 2.21. The molecule has 1 rings (SSSR count). The zero-order valence-corrected chi connectivity index (χ0v) is 13.6. The molecule has 0 heterocycles. The van der Waals surface area contributed by atoms with Gasteiger partial charge in [-0.3, -0.25) is 4.79 Å². The van der Waals surface area contributed by atoms with Gasteiger partial charge in [0.25, 0.3) is 5.91 Å². The van der Waals surface area contributed by atoms with E-state index in [0.29, 0.717) is 12.5 Å². The number of rotatable bonds is 7. The first kappa shape index (κ1) is 16.7. The van der Waals surface area contributed by atoms with Gasteiger partial charge in [0.1, 0.15) is 11.3 Å². The van der Waals surface area contributed by atoms with Crippen molar-refractivity contribution in [3.8, 4) is 5.75 Å². The zero-order valence-electron chi connectivity index (χ0n) is 11.5. The standard InChI is InChI=1S/C14H18INO4/c1-9(2)5-6-16-13(17)8-20-12-4-3-10(15)7-11(12)14(18)19/h3-4,7,9H,5-6,8H2,1-2H3,(H,16,17)(H,18,19). The summed E-state index contributed by atoms with van der Waals surface area (Å²) >= 11 is 2.02. The normalized spacial score (nSPS) is 10.4. The van der Waals surface area contributed by atoms with Crippen LogP contribution in [-0.4, -0.2) is 30.1 Å². The van der Waals surface area contributed by atoms with Crippen molar-refractivity contribution in [2.75, 3.05) is 13.2 Å². The van der Waals surface area contributed by atoms with E-state index in [9.17, 15) is 9.59 Å². The number of halogens is 1. The molecule has 0 aliphatic carbocycles. The summed E-state index contributed by atoms with van der Waals surface area (Å²) < 4.78 is 6.08. The molecular formula is C14H18INO4. The van der Waals surface area contributed by atoms with Gasteiger partial charge in [0.2, 0.25) is 0 Å². The SMILES string of the molecule is CC(C)CCNC(=O)COc1ccc(I)cc1C(=O)O. The van der Waals surface area contributed by atoms with Gasteiger partial charge in [-0.05, 0) is 53.1 Å². The molecule has 20 heavy (non-hydrogen) atoms. The molecule has 1 aromatic rings. The predicted molar refractivity (Wildman–Crippen MR) is 84.1 cm³/mol. The molecule has 2 N–H and O–H groups in total. The van der Waals surface area contributed by atoms with E-state index in [2.05, 4.69) is 19.2 Å². The Kier molecular flexibility index (Phi) is 6.77. The van der Waals surface area contributed by atoms with Crippen LogP contribution in [-0.2, 0) is 4.79 Å². The van der Waals surface area contributed by atoms with Crippen LogP contribution >= 0.6 is 22.6 Å². The van der Waals surface area contributed by atoms with Crippen LogP contribution in [0, 0.1) is 9.49 Å². The number of carbonyl (C=O) groups is 2. The van der Waals surface area contributed by atoms with Crippen molar-refractivity contribution in [2.45, 2.75) is 20.3 Å². The van der Waals surface area contributed by atoms with Crippen LogP contribution in [0.1, 0.15) is 30.6 Å². The third-order valence-electron chi connectivity index (χ3n) is 2.57. The number of nitrogens with one attached hydrogen (secondary N) is 1. The molecule has 0 atom stereocenters. The van der Waals surface area contributed by atoms with E-state index in [0.717, 1.165) is 9.99 Å². The van der Waals surface area contributed by atoms with Crippen LogP contribution in [0.15, 0.2) is 18.2 Å². The number of benzene rings is 1. The zero-order chi connectivity index (χ0) is 15.1. The number of ether oxygens (including phenoxy) is 1. The van der Waals surface area contributed by atoms with Gasteiger partial charge in [0, 0.05) is 10.1 Å². The molecule has 0 radical (unpaired) electrons. The van der Waals surface area contributed by atoms with E-state index in [1.165, 1.54) is 6.07 Å². The van der Waals surface area contributed by atoms with E-state index in [1.807, 2.05) is 22.6 Å². The molecule has 1 amide bonds. The second kappa shape index (κ2) is 8.08. The highest BCUT2D eigenvalue weighted by atomic mass is 127. The Hall–Kier alpha value is -1.31. The van der Waals surface area contributed by atoms with Crippen molar-refractivity contribution >= 4 is 34.5 Å². The first-order valence-corrected chi connectivity index (χ1v) is 7.40. The van der Waals surface area contributed by atoms with Crippen LogP contribution in [0.3, 0.4) is 0 Å². The smallest absolute Gasteiger partial charge is 0.339 e. The molecule has 0 spiro atoms. The lowest BCUT2D eigenvalue weighted by molar-refractivity contribution is -0.123. The fourth-order valence-electron chi connectivity index (χ4n) is 1.49. The minimum absolute atomic E-state index is 0.0619. The molecule has 0 bridgehead atoms. The molecule has 0 unspecified atom stereocenters. The molecule has 0 aliphatic heterocycles. The van der Waals surface area contributed by atoms with Gasteiger partial charge in [-0.15, -0.1) is 0 Å². The van der Waals surface area contributed by atoms with Crippen LogP contribution in [0.5, 0.6) is 5.75 Å². The summed E-state index contributed by atoms with van der Waals surface area (Å²) in [6, 6.07) is 4.81. The lowest BCUT2D eigenvalue weighted by Crippen LogP contribution is -2.30. The van der Waals surface area contributed by atoms with Gasteiger partial charge in [-0.1, -0.05) is 13.8 Å². The molecule has 0 fully saturated rings. The van der Waals surface area contributed by atoms with Gasteiger partial charge in [0.15, 0.2) is 6.61 Å². The van der Waals surface area contributed by atoms with E-state index in [1.54, 1.807) is 12.1 Å². The summed E-state index contributed by atoms with van der Waals surface area (Å²) in [5, 5.41) is 11.8. The fraction of sp³-hybridized carbons (Fsp3) is 0.429. The highest BCUT2D eigenvalue weighted by Gasteiger charge is 2.13. The Morgan fingerprint density at radius 3 is 2.70 bits per heavy atom. The summed E-state index contributed by atoms with van der Waals surface area (Å²) in [6.07, 6.45) is 0.898. The van der Waals surface area contributed by atoms with Crippen molar-refractivity contribution in [2.24, 2.45) is 5.92 Å². The van der Waals surface area contributed by atoms with Crippen molar-refractivity contribution in [1.29, 1.82) is 0 Å². The van der Waals surface area contributed by atoms with Gasteiger partial charge < -0.3 is 15.2 Å². The molecule has 1 aromatic carbocycles. The van der Waals surface area contributed by atoms with E-state index < -0.39 is 5.97 Å². The fourth-order valence-corrected chi connectivity index (χ4v) is 1.98. The van der Waals surface area contributed by atoms with E-state index in [4.69, 9.17) is 9.84 Å². The molecule has 0 saturated heterocycles. The average Bonchev–Trinajstić information content (AvgIpc) is 2.36. The largest absolute Gasteiger partial charge is 0.483 e. The summed E-state index contributed by atoms with van der Waals surface area (Å²) in [5.41, 5.74) is 0.0619. The minimum Gasteiger partial charge on any atom is -0.483 e. The lowest BCUT2D eigenvalue weighted by atomic mass is 10.1. The number of carbonyl (C=O) groups excluding carboxylic acids is 1. The molecule has 0 saturated carbocycles. The van der Waals surface area contributed by atoms with Gasteiger partial charge in [-0.25, -0.2) is 4.79 Å². The quantitative estimate of drug-likeness (QED) is 0.701. The monoisotopic (exact) mass is 391 g/mol. The van der Waals surface area contributed by atoms with Crippen LogP contribution in [0.2, 0.25) is 0 Å². The number of hydrogen-bond donors (Lipinski definition) is 2. The maximum absolute atomic E-state index is 11.6. The van der Waals surface area contributed by atoms with E-state index in [-0.39, 0.29) is 23.8 Å². The van der Waals surface area contributed by atoms with Crippen molar-refractivity contribution in [3.05, 3.63) is 27.3 Å². The molecule has 110 valence electrons. The number of amides is 1. The van der Waals surface area contributed by atoms with Gasteiger partial charge >= 0.3 is 5.97 Å². The summed E-state index contributed by atoms with van der Waals surface area (Å²) in [4.78, 5) is 22.6. The minimum atomic E-state index is -1.07.